The van der Waals surface area contributed by atoms with Crippen LogP contribution in [0, 0.1) is 0 Å². The van der Waals surface area contributed by atoms with Gasteiger partial charge < -0.3 is 23.7 Å². The Morgan fingerprint density at radius 2 is 1.76 bits per heavy atom. The van der Waals surface area contributed by atoms with E-state index >= 15 is 0 Å². The number of esters is 1. The zero-order valence-corrected chi connectivity index (χ0v) is 31.0. The largest absolute Gasteiger partial charge is 0.493 e. The predicted octanol–water partition coefficient (Wildman–Crippen LogP) is 6.94. The Hall–Kier alpha value is -4.32. The molecule has 9 nitrogen and oxygen atoms in total. The standard InChI is InChI=1S/C37H36BrClN2O7S/c1-7-10-24-15-23(16-30(46-8-2)34(24)48-20-22-11-13-25(39)14-12-22)17-31-35(42)41-33(26-18-28(44-5)29(45-6)19-27(26)38)32(36(43)47-9-3)21(4)40-37(41)49-31/h7,11-19,33H,1,8-10,20H2,2-6H3/b31-17+/t33-/m1/s1. The molecular weight excluding hydrogens is 732 g/mol. The summed E-state index contributed by atoms with van der Waals surface area (Å²) in [6, 6.07) is 13.9. The number of hydrogen-bond acceptors (Lipinski definition) is 9. The Morgan fingerprint density at radius 3 is 2.41 bits per heavy atom. The van der Waals surface area contributed by atoms with Crippen LogP contribution in [0.2, 0.25) is 5.02 Å². The number of aromatic nitrogens is 1. The molecule has 1 aliphatic rings. The summed E-state index contributed by atoms with van der Waals surface area (Å²) < 4.78 is 31.4. The quantitative estimate of drug-likeness (QED) is 0.108. The number of thiazole rings is 1. The third-order valence-corrected chi connectivity index (χ3v) is 9.65. The average molecular weight is 768 g/mol. The summed E-state index contributed by atoms with van der Waals surface area (Å²) in [6.45, 7) is 10.2. The van der Waals surface area contributed by atoms with Crippen molar-refractivity contribution in [1.29, 1.82) is 0 Å². The van der Waals surface area contributed by atoms with E-state index in [1.165, 1.54) is 30.1 Å². The van der Waals surface area contributed by atoms with Gasteiger partial charge >= 0.3 is 5.97 Å². The molecule has 1 atom stereocenters. The van der Waals surface area contributed by atoms with Crippen LogP contribution in [0.25, 0.3) is 6.08 Å². The molecule has 256 valence electrons. The Balaban J connectivity index is 1.66. The van der Waals surface area contributed by atoms with E-state index in [2.05, 4.69) is 22.5 Å². The molecule has 3 aromatic carbocycles. The number of carbonyl (C=O) groups is 1. The number of benzene rings is 3. The maximum atomic E-state index is 14.3. The van der Waals surface area contributed by atoms with Crippen LogP contribution in [-0.2, 0) is 22.6 Å². The van der Waals surface area contributed by atoms with Gasteiger partial charge in [-0.05, 0) is 86.4 Å². The molecule has 0 amide bonds. The van der Waals surface area contributed by atoms with Gasteiger partial charge in [0.2, 0.25) is 0 Å². The second kappa shape index (κ2) is 15.9. The van der Waals surface area contributed by atoms with E-state index in [0.29, 0.717) is 72.7 Å². The highest BCUT2D eigenvalue weighted by molar-refractivity contribution is 9.10. The van der Waals surface area contributed by atoms with Gasteiger partial charge in [0.05, 0.1) is 49.3 Å². The summed E-state index contributed by atoms with van der Waals surface area (Å²) in [7, 11) is 3.07. The molecule has 49 heavy (non-hydrogen) atoms. The first-order valence-electron chi connectivity index (χ1n) is 15.5. The minimum Gasteiger partial charge on any atom is -0.493 e. The Labute approximate surface area is 301 Å². The lowest BCUT2D eigenvalue weighted by molar-refractivity contribution is -0.139. The molecule has 0 saturated carbocycles. The van der Waals surface area contributed by atoms with E-state index in [0.717, 1.165) is 16.7 Å². The molecule has 0 saturated heterocycles. The van der Waals surface area contributed by atoms with Gasteiger partial charge in [-0.2, -0.15) is 0 Å². The summed E-state index contributed by atoms with van der Waals surface area (Å²) in [5.41, 5.74) is 3.52. The molecule has 12 heteroatoms. The van der Waals surface area contributed by atoms with E-state index in [-0.39, 0.29) is 17.7 Å². The van der Waals surface area contributed by atoms with Crippen molar-refractivity contribution < 1.29 is 28.5 Å². The number of ether oxygens (including phenoxy) is 5. The summed E-state index contributed by atoms with van der Waals surface area (Å²) in [6.07, 6.45) is 4.10. The number of hydrogen-bond donors (Lipinski definition) is 0. The Morgan fingerprint density at radius 1 is 1.04 bits per heavy atom. The molecule has 0 unspecified atom stereocenters. The number of halogens is 2. The van der Waals surface area contributed by atoms with Crippen LogP contribution < -0.4 is 33.8 Å². The monoisotopic (exact) mass is 766 g/mol. The van der Waals surface area contributed by atoms with Crippen molar-refractivity contribution in [1.82, 2.24) is 4.57 Å². The Bertz CT molecular complexity index is 2100. The minimum absolute atomic E-state index is 0.161. The first kappa shape index (κ1) is 36.0. The van der Waals surface area contributed by atoms with Crippen molar-refractivity contribution in [2.75, 3.05) is 27.4 Å². The highest BCUT2D eigenvalue weighted by Gasteiger charge is 2.35. The predicted molar refractivity (Wildman–Crippen MR) is 195 cm³/mol. The SMILES string of the molecule is C=CCc1cc(/C=c2/sc3n(c2=O)[C@H](c2cc(OC)c(OC)cc2Br)C(C(=O)OCC)=C(C)N=3)cc(OCC)c1OCc1ccc(Cl)cc1. The average Bonchev–Trinajstić information content (AvgIpc) is 3.38. The maximum Gasteiger partial charge on any atom is 0.338 e. The van der Waals surface area contributed by atoms with Crippen LogP contribution in [0.3, 0.4) is 0 Å². The van der Waals surface area contributed by atoms with Crippen molar-refractivity contribution in [2.45, 2.75) is 39.8 Å². The lowest BCUT2D eigenvalue weighted by Crippen LogP contribution is -2.40. The fraction of sp³-hybridized carbons (Fsp3) is 0.270. The van der Waals surface area contributed by atoms with Gasteiger partial charge in [-0.3, -0.25) is 9.36 Å². The molecule has 2 heterocycles. The topological polar surface area (TPSA) is 97.6 Å². The van der Waals surface area contributed by atoms with Gasteiger partial charge in [0, 0.05) is 15.1 Å². The minimum atomic E-state index is -0.856. The van der Waals surface area contributed by atoms with Crippen LogP contribution in [0.5, 0.6) is 23.0 Å². The summed E-state index contributed by atoms with van der Waals surface area (Å²) in [5, 5.41) is 0.649. The van der Waals surface area contributed by atoms with Crippen molar-refractivity contribution >= 4 is 50.9 Å². The normalized spacial score (nSPS) is 14.2. The van der Waals surface area contributed by atoms with Crippen LogP contribution in [0.4, 0.5) is 0 Å². The lowest BCUT2D eigenvalue weighted by atomic mass is 9.95. The van der Waals surface area contributed by atoms with Crippen LogP contribution in [0.1, 0.15) is 49.1 Å². The molecule has 1 aromatic heterocycles. The second-order valence-electron chi connectivity index (χ2n) is 10.9. The van der Waals surface area contributed by atoms with Gasteiger partial charge in [0.25, 0.3) is 5.56 Å². The van der Waals surface area contributed by atoms with Gasteiger partial charge in [0.1, 0.15) is 6.61 Å². The molecular formula is C37H36BrClN2O7S. The molecule has 1 aliphatic heterocycles. The van der Waals surface area contributed by atoms with Gasteiger partial charge in [0.15, 0.2) is 27.8 Å². The summed E-state index contributed by atoms with van der Waals surface area (Å²) in [4.78, 5) is 32.9. The van der Waals surface area contributed by atoms with Crippen LogP contribution >= 0.6 is 38.9 Å². The summed E-state index contributed by atoms with van der Waals surface area (Å²) in [5.74, 6) is 1.52. The maximum absolute atomic E-state index is 14.3. The van der Waals surface area contributed by atoms with Gasteiger partial charge in [-0.1, -0.05) is 57.1 Å². The van der Waals surface area contributed by atoms with Crippen LogP contribution in [-0.4, -0.2) is 38.0 Å². The first-order valence-corrected chi connectivity index (χ1v) is 17.5. The molecule has 5 rings (SSSR count). The number of nitrogens with zero attached hydrogens (tertiary/aromatic N) is 2. The number of fused-ring (bicyclic) bond motifs is 1. The number of carbonyl (C=O) groups excluding carboxylic acids is 1. The highest BCUT2D eigenvalue weighted by Crippen LogP contribution is 2.41. The van der Waals surface area contributed by atoms with Gasteiger partial charge in [-0.15, -0.1) is 6.58 Å². The fourth-order valence-corrected chi connectivity index (χ4v) is 7.27. The van der Waals surface area contributed by atoms with E-state index < -0.39 is 12.0 Å². The van der Waals surface area contributed by atoms with Crippen LogP contribution in [0.15, 0.2) is 86.7 Å². The molecule has 0 spiro atoms. The van der Waals surface area contributed by atoms with E-state index in [4.69, 9.17) is 40.3 Å². The van der Waals surface area contributed by atoms with Crippen molar-refractivity contribution in [2.24, 2.45) is 4.99 Å². The number of rotatable bonds is 13. The highest BCUT2D eigenvalue weighted by atomic mass is 79.9. The Kier molecular flexibility index (Phi) is 11.7. The molecule has 0 N–H and O–H groups in total. The molecule has 4 aromatic rings. The smallest absolute Gasteiger partial charge is 0.338 e. The lowest BCUT2D eigenvalue weighted by Gasteiger charge is -2.26. The molecule has 0 bridgehead atoms. The van der Waals surface area contributed by atoms with Crippen molar-refractivity contribution in [3.63, 3.8) is 0 Å². The van der Waals surface area contributed by atoms with Crippen molar-refractivity contribution in [3.8, 4) is 23.0 Å². The van der Waals surface area contributed by atoms with Crippen molar-refractivity contribution in [3.05, 3.63) is 124 Å². The third-order valence-electron chi connectivity index (χ3n) is 7.73. The second-order valence-corrected chi connectivity index (χ2v) is 13.2. The molecule has 0 aliphatic carbocycles. The summed E-state index contributed by atoms with van der Waals surface area (Å²) >= 11 is 10.9. The van der Waals surface area contributed by atoms with E-state index in [1.807, 2.05) is 43.3 Å². The number of allylic oxidation sites excluding steroid dienone is 2. The fourth-order valence-electron chi connectivity index (χ4n) is 5.55. The number of methoxy groups -OCH3 is 2. The van der Waals surface area contributed by atoms with E-state index in [9.17, 15) is 9.59 Å². The zero-order valence-electron chi connectivity index (χ0n) is 27.8. The van der Waals surface area contributed by atoms with Gasteiger partial charge in [-0.25, -0.2) is 9.79 Å². The first-order chi connectivity index (χ1) is 23.6. The molecule has 0 radical (unpaired) electrons. The molecule has 0 fully saturated rings. The zero-order chi connectivity index (χ0) is 35.2. The van der Waals surface area contributed by atoms with E-state index in [1.54, 1.807) is 38.1 Å². The third kappa shape index (κ3) is 7.64.